The van der Waals surface area contributed by atoms with Gasteiger partial charge >= 0.3 is 0 Å². The summed E-state index contributed by atoms with van der Waals surface area (Å²) in [5, 5.41) is 8.75. The van der Waals surface area contributed by atoms with Crippen molar-refractivity contribution in [2.24, 2.45) is 5.73 Å². The van der Waals surface area contributed by atoms with Gasteiger partial charge in [-0.25, -0.2) is 0 Å². The van der Waals surface area contributed by atoms with Crippen molar-refractivity contribution in [1.82, 2.24) is 0 Å². The van der Waals surface area contributed by atoms with E-state index in [0.717, 1.165) is 32.2 Å². The first-order valence-electron chi connectivity index (χ1n) is 5.25. The molecule has 3 N–H and O–H groups in total. The van der Waals surface area contributed by atoms with Crippen LogP contribution in [0, 0.1) is 0 Å². The second-order valence-corrected chi connectivity index (χ2v) is 3.54. The predicted octanol–water partition coefficient (Wildman–Crippen LogP) is 1.50. The Hall–Kier alpha value is -0.860. The lowest BCUT2D eigenvalue weighted by molar-refractivity contribution is 0.299. The lowest BCUT2D eigenvalue weighted by Gasteiger charge is -2.02. The molecular formula is C12H19NO. The van der Waals surface area contributed by atoms with Crippen molar-refractivity contribution in [2.75, 3.05) is 13.2 Å². The fourth-order valence-corrected chi connectivity index (χ4v) is 1.48. The number of aryl methyl sites for hydroxylation is 1. The van der Waals surface area contributed by atoms with E-state index in [1.165, 1.54) is 11.1 Å². The molecule has 0 saturated carbocycles. The molecule has 0 aliphatic carbocycles. The molecule has 0 heterocycles. The molecule has 0 aliphatic heterocycles. The van der Waals surface area contributed by atoms with Gasteiger partial charge in [-0.3, -0.25) is 0 Å². The Morgan fingerprint density at radius 1 is 0.929 bits per heavy atom. The first-order valence-corrected chi connectivity index (χ1v) is 5.25. The number of aliphatic hydroxyl groups excluding tert-OH is 1. The van der Waals surface area contributed by atoms with E-state index in [9.17, 15) is 0 Å². The molecule has 78 valence electrons. The lowest BCUT2D eigenvalue weighted by atomic mass is 10.1. The number of unbranched alkanes of at least 4 members (excludes halogenated alkanes) is 1. The Labute approximate surface area is 85.8 Å². The Bertz CT molecular complexity index is 243. The van der Waals surface area contributed by atoms with Crippen LogP contribution < -0.4 is 5.73 Å². The van der Waals surface area contributed by atoms with Gasteiger partial charge in [-0.15, -0.1) is 0 Å². The standard InChI is InChI=1S/C12H19NO/c13-9-2-1-3-11-4-6-12(7-5-11)8-10-14/h4-7,14H,1-3,8-10,13H2. The molecule has 1 rings (SSSR count). The zero-order valence-electron chi connectivity index (χ0n) is 8.58. The second-order valence-electron chi connectivity index (χ2n) is 3.54. The molecule has 2 heteroatoms. The summed E-state index contributed by atoms with van der Waals surface area (Å²) >= 11 is 0. The molecule has 0 amide bonds. The highest BCUT2D eigenvalue weighted by Gasteiger charge is 1.94. The van der Waals surface area contributed by atoms with E-state index in [-0.39, 0.29) is 6.61 Å². The monoisotopic (exact) mass is 193 g/mol. The molecule has 0 unspecified atom stereocenters. The quantitative estimate of drug-likeness (QED) is 0.673. The van der Waals surface area contributed by atoms with E-state index in [2.05, 4.69) is 24.3 Å². The fraction of sp³-hybridized carbons (Fsp3) is 0.500. The highest BCUT2D eigenvalue weighted by Crippen LogP contribution is 2.07. The SMILES string of the molecule is NCCCCc1ccc(CCO)cc1. The van der Waals surface area contributed by atoms with Gasteiger partial charge in [0.15, 0.2) is 0 Å². The van der Waals surface area contributed by atoms with Gasteiger partial charge < -0.3 is 10.8 Å². The lowest BCUT2D eigenvalue weighted by Crippen LogP contribution is -1.99. The summed E-state index contributed by atoms with van der Waals surface area (Å²) in [5.74, 6) is 0. The summed E-state index contributed by atoms with van der Waals surface area (Å²) in [4.78, 5) is 0. The zero-order valence-corrected chi connectivity index (χ0v) is 8.58. The topological polar surface area (TPSA) is 46.2 Å². The molecule has 0 bridgehead atoms. The van der Waals surface area contributed by atoms with Crippen LogP contribution in [-0.2, 0) is 12.8 Å². The number of nitrogens with two attached hydrogens (primary N) is 1. The molecule has 0 spiro atoms. The van der Waals surface area contributed by atoms with Crippen molar-refractivity contribution in [3.8, 4) is 0 Å². The van der Waals surface area contributed by atoms with Gasteiger partial charge in [-0.2, -0.15) is 0 Å². The van der Waals surface area contributed by atoms with E-state index in [1.807, 2.05) is 0 Å². The van der Waals surface area contributed by atoms with Gasteiger partial charge in [0.05, 0.1) is 0 Å². The van der Waals surface area contributed by atoms with Crippen molar-refractivity contribution < 1.29 is 5.11 Å². The molecule has 2 nitrogen and oxygen atoms in total. The van der Waals surface area contributed by atoms with Crippen LogP contribution in [0.2, 0.25) is 0 Å². The van der Waals surface area contributed by atoms with Gasteiger partial charge in [0.25, 0.3) is 0 Å². The smallest absolute Gasteiger partial charge is 0.0471 e. The summed E-state index contributed by atoms with van der Waals surface area (Å²) in [5.41, 5.74) is 7.99. The average Bonchev–Trinajstić information content (AvgIpc) is 2.21. The van der Waals surface area contributed by atoms with E-state index in [0.29, 0.717) is 0 Å². The minimum atomic E-state index is 0.229. The van der Waals surface area contributed by atoms with Crippen molar-refractivity contribution in [1.29, 1.82) is 0 Å². The molecule has 0 saturated heterocycles. The van der Waals surface area contributed by atoms with Crippen LogP contribution in [0.1, 0.15) is 24.0 Å². The minimum Gasteiger partial charge on any atom is -0.396 e. The third kappa shape index (κ3) is 3.90. The van der Waals surface area contributed by atoms with Crippen LogP contribution in [0.25, 0.3) is 0 Å². The Kier molecular flexibility index (Phi) is 5.27. The number of hydrogen-bond donors (Lipinski definition) is 2. The van der Waals surface area contributed by atoms with Crippen molar-refractivity contribution >= 4 is 0 Å². The van der Waals surface area contributed by atoms with Gasteiger partial charge in [-0.05, 0) is 43.4 Å². The fourth-order valence-electron chi connectivity index (χ4n) is 1.48. The van der Waals surface area contributed by atoms with Crippen LogP contribution in [0.4, 0.5) is 0 Å². The van der Waals surface area contributed by atoms with Crippen LogP contribution >= 0.6 is 0 Å². The van der Waals surface area contributed by atoms with E-state index in [1.54, 1.807) is 0 Å². The maximum Gasteiger partial charge on any atom is 0.0471 e. The first kappa shape index (κ1) is 11.2. The Morgan fingerprint density at radius 2 is 1.50 bits per heavy atom. The Morgan fingerprint density at radius 3 is 2.00 bits per heavy atom. The van der Waals surface area contributed by atoms with Gasteiger partial charge in [-0.1, -0.05) is 24.3 Å². The molecule has 14 heavy (non-hydrogen) atoms. The zero-order chi connectivity index (χ0) is 10.2. The van der Waals surface area contributed by atoms with E-state index < -0.39 is 0 Å². The summed E-state index contributed by atoms with van der Waals surface area (Å²) < 4.78 is 0. The van der Waals surface area contributed by atoms with Crippen molar-refractivity contribution in [2.45, 2.75) is 25.7 Å². The maximum atomic E-state index is 8.75. The van der Waals surface area contributed by atoms with Crippen LogP contribution in [0.5, 0.6) is 0 Å². The third-order valence-corrected chi connectivity index (χ3v) is 2.34. The molecule has 0 aliphatic rings. The summed E-state index contributed by atoms with van der Waals surface area (Å²) in [6.45, 7) is 1.01. The molecule has 0 atom stereocenters. The number of hydrogen-bond acceptors (Lipinski definition) is 2. The molecule has 0 fully saturated rings. The molecular weight excluding hydrogens is 174 g/mol. The van der Waals surface area contributed by atoms with Crippen molar-refractivity contribution in [3.05, 3.63) is 35.4 Å². The summed E-state index contributed by atoms with van der Waals surface area (Å²) in [7, 11) is 0. The van der Waals surface area contributed by atoms with E-state index in [4.69, 9.17) is 10.8 Å². The van der Waals surface area contributed by atoms with Gasteiger partial charge in [0.2, 0.25) is 0 Å². The minimum absolute atomic E-state index is 0.229. The van der Waals surface area contributed by atoms with Crippen LogP contribution in [0.15, 0.2) is 24.3 Å². The van der Waals surface area contributed by atoms with Crippen molar-refractivity contribution in [3.63, 3.8) is 0 Å². The van der Waals surface area contributed by atoms with Gasteiger partial charge in [0.1, 0.15) is 0 Å². The summed E-state index contributed by atoms with van der Waals surface area (Å²) in [6.07, 6.45) is 4.12. The normalized spacial score (nSPS) is 10.4. The highest BCUT2D eigenvalue weighted by atomic mass is 16.2. The molecule has 0 radical (unpaired) electrons. The maximum absolute atomic E-state index is 8.75. The van der Waals surface area contributed by atoms with Gasteiger partial charge in [0, 0.05) is 6.61 Å². The number of aliphatic hydroxyl groups is 1. The molecule has 1 aromatic carbocycles. The predicted molar refractivity (Wildman–Crippen MR) is 59.2 cm³/mol. The first-order chi connectivity index (χ1) is 6.86. The second kappa shape index (κ2) is 6.57. The highest BCUT2D eigenvalue weighted by molar-refractivity contribution is 5.22. The average molecular weight is 193 g/mol. The Balaban J connectivity index is 2.38. The molecule has 1 aromatic rings. The van der Waals surface area contributed by atoms with Crippen LogP contribution in [0.3, 0.4) is 0 Å². The third-order valence-electron chi connectivity index (χ3n) is 2.34. The summed E-state index contributed by atoms with van der Waals surface area (Å²) in [6, 6.07) is 8.46. The van der Waals surface area contributed by atoms with E-state index >= 15 is 0 Å². The number of benzene rings is 1. The largest absolute Gasteiger partial charge is 0.396 e. The number of rotatable bonds is 6. The molecule has 0 aromatic heterocycles. The van der Waals surface area contributed by atoms with Crippen LogP contribution in [-0.4, -0.2) is 18.3 Å².